The molecule has 0 bridgehead atoms. The van der Waals surface area contributed by atoms with E-state index >= 15 is 0 Å². The Balaban J connectivity index is 2.91. The van der Waals surface area contributed by atoms with E-state index in [1.165, 1.54) is 13.8 Å². The van der Waals surface area contributed by atoms with Gasteiger partial charge >= 0.3 is 5.97 Å². The van der Waals surface area contributed by atoms with Gasteiger partial charge in [-0.25, -0.2) is 0 Å². The molecule has 0 saturated carbocycles. The Labute approximate surface area is 145 Å². The normalized spacial score (nSPS) is 38.8. The largest absolute Gasteiger partial charge is 0.462 e. The summed E-state index contributed by atoms with van der Waals surface area (Å²) in [5, 5.41) is 18.3. The number of cyclic esters (lactones) is 1. The minimum absolute atomic E-state index is 0.00356. The molecule has 0 aliphatic carbocycles. The lowest BCUT2D eigenvalue weighted by Crippen LogP contribution is -2.46. The maximum absolute atomic E-state index is 12.1. The molecular weight excluding hydrogens is 347 g/mol. The summed E-state index contributed by atoms with van der Waals surface area (Å²) in [6, 6.07) is 0. The predicted molar refractivity (Wildman–Crippen MR) is 84.6 cm³/mol. The van der Waals surface area contributed by atoms with E-state index in [0.717, 1.165) is 0 Å². The number of carbonyl (C=O) groups is 3. The summed E-state index contributed by atoms with van der Waals surface area (Å²) < 4.78 is 4.86. The van der Waals surface area contributed by atoms with Crippen molar-refractivity contribution in [2.75, 3.05) is 6.61 Å². The second-order valence-corrected chi connectivity index (χ2v) is 7.36. The quantitative estimate of drug-likeness (QED) is 0.494. The standard InChI is InChI=1S/C15H22Cl2O6/c1-14(21)7-3-4-9(16)13(20)15(2,22)8-23-11(18)6-5-10(17)12(14)19/h9-10,21-22H,3-8H2,1-2H3/t9-,10-,14-,15-/m0/s1. The van der Waals surface area contributed by atoms with Gasteiger partial charge in [0, 0.05) is 6.42 Å². The number of carbonyl (C=O) groups excluding carboxylic acids is 3. The topological polar surface area (TPSA) is 101 Å². The monoisotopic (exact) mass is 368 g/mol. The summed E-state index contributed by atoms with van der Waals surface area (Å²) in [6.45, 7) is 2.07. The number of halogens is 2. The fourth-order valence-electron chi connectivity index (χ4n) is 2.29. The van der Waals surface area contributed by atoms with Crippen LogP contribution in [0.1, 0.15) is 46.0 Å². The molecule has 0 radical (unpaired) electrons. The summed E-state index contributed by atoms with van der Waals surface area (Å²) in [5.74, 6) is -1.93. The number of ether oxygens (including phenoxy) is 1. The number of hydrogen-bond acceptors (Lipinski definition) is 6. The molecule has 6 nitrogen and oxygen atoms in total. The first-order valence-corrected chi connectivity index (χ1v) is 8.32. The van der Waals surface area contributed by atoms with Gasteiger partial charge in [0.2, 0.25) is 0 Å². The van der Waals surface area contributed by atoms with Gasteiger partial charge in [-0.3, -0.25) is 14.4 Å². The van der Waals surface area contributed by atoms with Gasteiger partial charge in [-0.1, -0.05) is 0 Å². The van der Waals surface area contributed by atoms with Crippen LogP contribution in [0.4, 0.5) is 0 Å². The summed E-state index contributed by atoms with van der Waals surface area (Å²) in [7, 11) is 0. The minimum Gasteiger partial charge on any atom is -0.462 e. The molecule has 23 heavy (non-hydrogen) atoms. The number of aliphatic hydroxyl groups is 2. The van der Waals surface area contributed by atoms with Crippen molar-refractivity contribution in [3.63, 3.8) is 0 Å². The third-order valence-electron chi connectivity index (χ3n) is 3.87. The summed E-state index contributed by atoms with van der Waals surface area (Å²) in [6.07, 6.45) is 0.394. The highest BCUT2D eigenvalue weighted by Crippen LogP contribution is 2.25. The van der Waals surface area contributed by atoms with Crippen molar-refractivity contribution in [1.29, 1.82) is 0 Å². The first kappa shape index (κ1) is 20.4. The van der Waals surface area contributed by atoms with Crippen molar-refractivity contribution >= 4 is 40.7 Å². The van der Waals surface area contributed by atoms with Crippen LogP contribution < -0.4 is 0 Å². The maximum Gasteiger partial charge on any atom is 0.305 e. The van der Waals surface area contributed by atoms with E-state index in [0.29, 0.717) is 6.42 Å². The summed E-state index contributed by atoms with van der Waals surface area (Å²) >= 11 is 11.9. The van der Waals surface area contributed by atoms with Crippen LogP contribution in [-0.2, 0) is 19.1 Å². The van der Waals surface area contributed by atoms with E-state index < -0.39 is 46.1 Å². The molecule has 1 saturated heterocycles. The van der Waals surface area contributed by atoms with E-state index in [9.17, 15) is 24.6 Å². The van der Waals surface area contributed by atoms with E-state index in [1.807, 2.05) is 0 Å². The van der Waals surface area contributed by atoms with Crippen molar-refractivity contribution in [3.8, 4) is 0 Å². The number of hydrogen-bond donors (Lipinski definition) is 2. The molecule has 2 N–H and O–H groups in total. The maximum atomic E-state index is 12.1. The van der Waals surface area contributed by atoms with Crippen molar-refractivity contribution in [2.45, 2.75) is 67.9 Å². The fourth-order valence-corrected chi connectivity index (χ4v) is 3.03. The number of alkyl halides is 2. The molecule has 1 rings (SSSR count). The molecule has 0 aromatic heterocycles. The highest BCUT2D eigenvalue weighted by molar-refractivity contribution is 6.32. The highest BCUT2D eigenvalue weighted by atomic mass is 35.5. The van der Waals surface area contributed by atoms with Gasteiger partial charge in [0.05, 0.1) is 10.8 Å². The molecule has 0 amide bonds. The average molecular weight is 369 g/mol. The Morgan fingerprint density at radius 1 is 1.00 bits per heavy atom. The Morgan fingerprint density at radius 2 is 1.52 bits per heavy atom. The fraction of sp³-hybridized carbons (Fsp3) is 0.800. The van der Waals surface area contributed by atoms with Crippen LogP contribution >= 0.6 is 23.2 Å². The average Bonchev–Trinajstić information content (AvgIpc) is 2.47. The van der Waals surface area contributed by atoms with E-state index in [-0.39, 0.29) is 25.7 Å². The number of rotatable bonds is 0. The number of esters is 1. The van der Waals surface area contributed by atoms with Crippen LogP contribution in [0.5, 0.6) is 0 Å². The Hall–Kier alpha value is -0.690. The zero-order chi connectivity index (χ0) is 17.8. The van der Waals surface area contributed by atoms with Gasteiger partial charge in [0.1, 0.15) is 12.2 Å². The van der Waals surface area contributed by atoms with Crippen LogP contribution in [0.15, 0.2) is 0 Å². The second kappa shape index (κ2) is 7.92. The smallest absolute Gasteiger partial charge is 0.305 e. The SMILES string of the molecule is C[C@]1(O)CCC[C@H](Cl)C(=O)[C@@](C)(O)COC(=O)CC[C@H](Cl)C1=O. The molecule has 0 unspecified atom stereocenters. The molecule has 4 atom stereocenters. The minimum atomic E-state index is -1.88. The van der Waals surface area contributed by atoms with Crippen molar-refractivity contribution in [3.05, 3.63) is 0 Å². The van der Waals surface area contributed by atoms with Crippen molar-refractivity contribution in [2.24, 2.45) is 0 Å². The van der Waals surface area contributed by atoms with Gasteiger partial charge in [-0.05, 0) is 39.5 Å². The van der Waals surface area contributed by atoms with Gasteiger partial charge in [0.25, 0.3) is 0 Å². The predicted octanol–water partition coefficient (Wildman–Crippen LogP) is 1.35. The van der Waals surface area contributed by atoms with Gasteiger partial charge < -0.3 is 14.9 Å². The summed E-state index contributed by atoms with van der Waals surface area (Å²) in [5.41, 5.74) is -3.55. The molecular formula is C15H22Cl2O6. The van der Waals surface area contributed by atoms with Crippen molar-refractivity contribution < 1.29 is 29.3 Å². The lowest BCUT2D eigenvalue weighted by atomic mass is 9.89. The molecule has 0 aromatic carbocycles. The first-order valence-electron chi connectivity index (χ1n) is 7.44. The Morgan fingerprint density at radius 3 is 2.13 bits per heavy atom. The molecule has 132 valence electrons. The third-order valence-corrected chi connectivity index (χ3v) is 4.70. The molecule has 1 aliphatic rings. The highest BCUT2D eigenvalue weighted by Gasteiger charge is 2.39. The molecule has 1 aliphatic heterocycles. The van der Waals surface area contributed by atoms with Crippen LogP contribution in [0, 0.1) is 0 Å². The lowest BCUT2D eigenvalue weighted by Gasteiger charge is -2.27. The van der Waals surface area contributed by atoms with Crippen LogP contribution in [0.2, 0.25) is 0 Å². The number of ketones is 2. The Bertz CT molecular complexity index is 475. The van der Waals surface area contributed by atoms with Gasteiger partial charge in [-0.2, -0.15) is 0 Å². The zero-order valence-corrected chi connectivity index (χ0v) is 14.7. The molecule has 8 heteroatoms. The molecule has 1 heterocycles. The van der Waals surface area contributed by atoms with E-state index in [2.05, 4.69) is 0 Å². The Kier molecular flexibility index (Phi) is 7.01. The van der Waals surface area contributed by atoms with Gasteiger partial charge in [0.15, 0.2) is 17.2 Å². The molecule has 0 spiro atoms. The van der Waals surface area contributed by atoms with E-state index in [4.69, 9.17) is 27.9 Å². The molecule has 1 fully saturated rings. The zero-order valence-electron chi connectivity index (χ0n) is 13.2. The number of Topliss-reactive ketones (excluding diaryl/α,β-unsaturated/α-hetero) is 2. The first-order chi connectivity index (χ1) is 10.5. The lowest BCUT2D eigenvalue weighted by molar-refractivity contribution is -0.156. The third kappa shape index (κ3) is 5.71. The summed E-state index contributed by atoms with van der Waals surface area (Å²) in [4.78, 5) is 35.8. The molecule has 0 aromatic rings. The van der Waals surface area contributed by atoms with Crippen LogP contribution in [0.3, 0.4) is 0 Å². The van der Waals surface area contributed by atoms with Crippen LogP contribution in [-0.4, -0.2) is 56.3 Å². The van der Waals surface area contributed by atoms with Crippen molar-refractivity contribution in [1.82, 2.24) is 0 Å². The van der Waals surface area contributed by atoms with Crippen LogP contribution in [0.25, 0.3) is 0 Å². The van der Waals surface area contributed by atoms with Gasteiger partial charge in [-0.15, -0.1) is 23.2 Å². The second-order valence-electron chi connectivity index (χ2n) is 6.30. The van der Waals surface area contributed by atoms with E-state index in [1.54, 1.807) is 0 Å².